The summed E-state index contributed by atoms with van der Waals surface area (Å²) >= 11 is 1.64. The second-order valence-corrected chi connectivity index (χ2v) is 9.67. The van der Waals surface area contributed by atoms with Crippen molar-refractivity contribution in [2.24, 2.45) is 5.92 Å². The van der Waals surface area contributed by atoms with Gasteiger partial charge in [0.2, 0.25) is 5.91 Å². The lowest BCUT2D eigenvalue weighted by molar-refractivity contribution is -0.125. The van der Waals surface area contributed by atoms with Crippen LogP contribution in [0.5, 0.6) is 11.5 Å². The molecule has 1 atom stereocenters. The Hall–Kier alpha value is -3.59. The molecule has 0 aliphatic carbocycles. The monoisotopic (exact) mass is 491 g/mol. The third-order valence-corrected chi connectivity index (χ3v) is 7.60. The average molecular weight is 492 g/mol. The number of aryl methyl sites for hydroxylation is 1. The van der Waals surface area contributed by atoms with E-state index in [4.69, 9.17) is 19.6 Å². The normalized spacial score (nSPS) is 15.9. The fourth-order valence-corrected chi connectivity index (χ4v) is 5.43. The Kier molecular flexibility index (Phi) is 6.59. The molecule has 1 N–H and O–H groups in total. The highest BCUT2D eigenvalue weighted by Gasteiger charge is 2.28. The number of rotatable bonds is 7. The number of ether oxygens (including phenoxy) is 2. The molecule has 1 aliphatic rings. The number of benzene rings is 2. The minimum absolute atomic E-state index is 0.0619. The standard InChI is InChI=1S/C26H29N5O3S/c1-17-23-24(31(29-17)20-8-12-22(34-3)13-9-20)28-26(35-23)30-14-4-5-19(16-30)25(32)27-15-18-6-10-21(33-2)11-7-18/h6-13,19H,4-5,14-16H2,1-3H3,(H,27,32)/t19-/m0/s1. The summed E-state index contributed by atoms with van der Waals surface area (Å²) in [6, 6.07) is 15.6. The molecule has 4 aromatic rings. The zero-order valence-corrected chi connectivity index (χ0v) is 21.0. The molecule has 5 rings (SSSR count). The van der Waals surface area contributed by atoms with Crippen molar-refractivity contribution < 1.29 is 14.3 Å². The van der Waals surface area contributed by atoms with Crippen LogP contribution < -0.4 is 19.7 Å². The zero-order chi connectivity index (χ0) is 24.4. The third kappa shape index (κ3) is 4.81. The highest BCUT2D eigenvalue weighted by Crippen LogP contribution is 2.34. The maximum Gasteiger partial charge on any atom is 0.225 e. The highest BCUT2D eigenvalue weighted by molar-refractivity contribution is 7.22. The van der Waals surface area contributed by atoms with Crippen LogP contribution in [0.25, 0.3) is 16.0 Å². The molecule has 2 aromatic heterocycles. The summed E-state index contributed by atoms with van der Waals surface area (Å²) in [5, 5.41) is 8.74. The topological polar surface area (TPSA) is 81.5 Å². The second-order valence-electron chi connectivity index (χ2n) is 8.70. The lowest BCUT2D eigenvalue weighted by Crippen LogP contribution is -2.43. The molecule has 8 nitrogen and oxygen atoms in total. The van der Waals surface area contributed by atoms with Gasteiger partial charge in [0.25, 0.3) is 0 Å². The van der Waals surface area contributed by atoms with E-state index in [-0.39, 0.29) is 11.8 Å². The number of anilines is 1. The van der Waals surface area contributed by atoms with Gasteiger partial charge in [-0.05, 0) is 61.7 Å². The molecule has 0 unspecified atom stereocenters. The van der Waals surface area contributed by atoms with Crippen molar-refractivity contribution in [3.05, 3.63) is 59.8 Å². The SMILES string of the molecule is COc1ccc(CNC(=O)[C@H]2CCCN(c3nc4c(s3)c(C)nn4-c3ccc(OC)cc3)C2)cc1. The second kappa shape index (κ2) is 9.95. The number of carbonyl (C=O) groups excluding carboxylic acids is 1. The van der Waals surface area contributed by atoms with Crippen molar-refractivity contribution >= 4 is 32.7 Å². The van der Waals surface area contributed by atoms with E-state index in [0.29, 0.717) is 13.1 Å². The van der Waals surface area contributed by atoms with Crippen LogP contribution in [0.1, 0.15) is 24.1 Å². The number of hydrogen-bond donors (Lipinski definition) is 1. The predicted octanol–water partition coefficient (Wildman–Crippen LogP) is 4.34. The zero-order valence-electron chi connectivity index (χ0n) is 20.2. The number of carbonyl (C=O) groups is 1. The van der Waals surface area contributed by atoms with Crippen LogP contribution in [0.3, 0.4) is 0 Å². The van der Waals surface area contributed by atoms with Crippen molar-refractivity contribution in [2.75, 3.05) is 32.2 Å². The molecule has 9 heteroatoms. The first-order valence-corrected chi connectivity index (χ1v) is 12.5. The first-order valence-electron chi connectivity index (χ1n) is 11.7. The largest absolute Gasteiger partial charge is 0.497 e. The first-order chi connectivity index (χ1) is 17.1. The number of methoxy groups -OCH3 is 2. The number of nitrogens with one attached hydrogen (secondary N) is 1. The Morgan fingerprint density at radius 2 is 1.77 bits per heavy atom. The first kappa shape index (κ1) is 23.2. The van der Waals surface area contributed by atoms with Crippen LogP contribution in [0.15, 0.2) is 48.5 Å². The van der Waals surface area contributed by atoms with Gasteiger partial charge in [0.05, 0.1) is 36.2 Å². The molecular weight excluding hydrogens is 462 g/mol. The minimum atomic E-state index is -0.0619. The van der Waals surface area contributed by atoms with E-state index in [1.807, 2.05) is 60.1 Å². The summed E-state index contributed by atoms with van der Waals surface area (Å²) in [6.45, 7) is 4.08. The molecule has 3 heterocycles. The average Bonchev–Trinajstić information content (AvgIpc) is 3.48. The Labute approximate surface area is 208 Å². The summed E-state index contributed by atoms with van der Waals surface area (Å²) in [5.74, 6) is 1.64. The summed E-state index contributed by atoms with van der Waals surface area (Å²) in [7, 11) is 3.30. The van der Waals surface area contributed by atoms with Gasteiger partial charge in [0.15, 0.2) is 10.8 Å². The van der Waals surface area contributed by atoms with Crippen molar-refractivity contribution in [3.63, 3.8) is 0 Å². The number of aromatic nitrogens is 3. The summed E-state index contributed by atoms with van der Waals surface area (Å²) in [4.78, 5) is 20.1. The van der Waals surface area contributed by atoms with Gasteiger partial charge in [-0.3, -0.25) is 4.79 Å². The maximum absolute atomic E-state index is 12.9. The van der Waals surface area contributed by atoms with Crippen LogP contribution in [-0.2, 0) is 11.3 Å². The van der Waals surface area contributed by atoms with Crippen LogP contribution in [-0.4, -0.2) is 48.0 Å². The van der Waals surface area contributed by atoms with Crippen LogP contribution in [0.2, 0.25) is 0 Å². The number of piperidine rings is 1. The molecule has 0 saturated carbocycles. The molecule has 182 valence electrons. The maximum atomic E-state index is 12.9. The van der Waals surface area contributed by atoms with Crippen LogP contribution >= 0.6 is 11.3 Å². The minimum Gasteiger partial charge on any atom is -0.497 e. The lowest BCUT2D eigenvalue weighted by atomic mass is 9.97. The Morgan fingerprint density at radius 3 is 2.46 bits per heavy atom. The summed E-state index contributed by atoms with van der Waals surface area (Å²) in [6.07, 6.45) is 1.84. The van der Waals surface area contributed by atoms with E-state index < -0.39 is 0 Å². The highest BCUT2D eigenvalue weighted by atomic mass is 32.1. The molecule has 0 spiro atoms. The molecule has 1 fully saturated rings. The van der Waals surface area contributed by atoms with Crippen LogP contribution in [0, 0.1) is 12.8 Å². The molecule has 0 bridgehead atoms. The molecule has 1 saturated heterocycles. The number of thiazole rings is 1. The molecule has 0 radical (unpaired) electrons. The van der Waals surface area contributed by atoms with Gasteiger partial charge in [-0.1, -0.05) is 23.5 Å². The van der Waals surface area contributed by atoms with Gasteiger partial charge in [0.1, 0.15) is 11.5 Å². The van der Waals surface area contributed by atoms with Gasteiger partial charge < -0.3 is 19.7 Å². The van der Waals surface area contributed by atoms with Crippen molar-refractivity contribution in [2.45, 2.75) is 26.3 Å². The molecule has 2 aromatic carbocycles. The predicted molar refractivity (Wildman–Crippen MR) is 138 cm³/mol. The fraction of sp³-hybridized carbons (Fsp3) is 0.346. The number of fused-ring (bicyclic) bond motifs is 1. The van der Waals surface area contributed by atoms with Crippen LogP contribution in [0.4, 0.5) is 5.13 Å². The third-order valence-electron chi connectivity index (χ3n) is 6.38. The summed E-state index contributed by atoms with van der Waals surface area (Å²) < 4.78 is 13.4. The number of amides is 1. The lowest BCUT2D eigenvalue weighted by Gasteiger charge is -2.31. The van der Waals surface area contributed by atoms with E-state index in [0.717, 1.165) is 63.3 Å². The quantitative estimate of drug-likeness (QED) is 0.414. The Balaban J connectivity index is 1.29. The number of hydrogen-bond acceptors (Lipinski definition) is 7. The Morgan fingerprint density at radius 1 is 1.09 bits per heavy atom. The van der Waals surface area contributed by atoms with Gasteiger partial charge in [-0.2, -0.15) is 10.1 Å². The molecule has 35 heavy (non-hydrogen) atoms. The fourth-order valence-electron chi connectivity index (χ4n) is 4.40. The van der Waals surface area contributed by atoms with Gasteiger partial charge >= 0.3 is 0 Å². The van der Waals surface area contributed by atoms with Gasteiger partial charge in [0, 0.05) is 19.6 Å². The van der Waals surface area contributed by atoms with Gasteiger partial charge in [-0.15, -0.1) is 0 Å². The van der Waals surface area contributed by atoms with E-state index in [9.17, 15) is 4.79 Å². The van der Waals surface area contributed by atoms with Crippen molar-refractivity contribution in [1.82, 2.24) is 20.1 Å². The smallest absolute Gasteiger partial charge is 0.225 e. The van der Waals surface area contributed by atoms with E-state index in [1.54, 1.807) is 25.6 Å². The van der Waals surface area contributed by atoms with E-state index >= 15 is 0 Å². The molecule has 1 aliphatic heterocycles. The Bertz CT molecular complexity index is 1310. The van der Waals surface area contributed by atoms with E-state index in [2.05, 4.69) is 10.2 Å². The summed E-state index contributed by atoms with van der Waals surface area (Å²) in [5.41, 5.74) is 3.79. The van der Waals surface area contributed by atoms with Crippen molar-refractivity contribution in [1.29, 1.82) is 0 Å². The molecule has 1 amide bonds. The van der Waals surface area contributed by atoms with E-state index in [1.165, 1.54) is 0 Å². The number of nitrogens with zero attached hydrogens (tertiary/aromatic N) is 4. The van der Waals surface area contributed by atoms with Gasteiger partial charge in [-0.25, -0.2) is 4.68 Å². The molecular formula is C26H29N5O3S. The van der Waals surface area contributed by atoms with Crippen molar-refractivity contribution in [3.8, 4) is 17.2 Å².